The molecule has 1 aliphatic rings. The van der Waals surface area contributed by atoms with Crippen molar-refractivity contribution >= 4 is 0 Å². The van der Waals surface area contributed by atoms with Crippen molar-refractivity contribution < 1.29 is 30.7 Å². The Kier molecular flexibility index (Phi) is 9.84. The molecule has 1 aliphatic carbocycles. The van der Waals surface area contributed by atoms with Crippen LogP contribution in [0.25, 0.3) is 0 Å². The van der Waals surface area contributed by atoms with Gasteiger partial charge in [-0.25, -0.2) is 6.04 Å². The van der Waals surface area contributed by atoms with Crippen LogP contribution in [-0.2, 0) is 20.4 Å². The number of rotatable bonds is 0. The minimum absolute atomic E-state index is 0. The van der Waals surface area contributed by atoms with Gasteiger partial charge in [-0.3, -0.25) is 0 Å². The van der Waals surface area contributed by atoms with Crippen molar-refractivity contribution in [1.82, 2.24) is 0 Å². The number of hydrogen-bond donors (Lipinski definition) is 3. The van der Waals surface area contributed by atoms with Crippen LogP contribution in [0, 0.1) is 16.2 Å². The molecule has 0 radical (unpaired) electrons. The fourth-order valence-corrected chi connectivity index (χ4v) is 1.06. The third kappa shape index (κ3) is 9.70. The van der Waals surface area contributed by atoms with Gasteiger partial charge in [0.2, 0.25) is 0 Å². The molecule has 7 heteroatoms. The smallest absolute Gasteiger partial charge is 0.291 e. The molecule has 0 amide bonds. The summed E-state index contributed by atoms with van der Waals surface area (Å²) in [5.74, 6) is 0. The SMILES string of the molecule is N[C-]1CCCCC1N.O=[N+]([O-])O.[Pd]. The van der Waals surface area contributed by atoms with Crippen molar-refractivity contribution in [2.75, 3.05) is 0 Å². The van der Waals surface area contributed by atoms with Crippen LogP contribution in [0.4, 0.5) is 0 Å². The van der Waals surface area contributed by atoms with Crippen LogP contribution in [0.15, 0.2) is 0 Å². The average molecular weight is 283 g/mol. The summed E-state index contributed by atoms with van der Waals surface area (Å²) in [4.78, 5) is 8.36. The molecule has 82 valence electrons. The summed E-state index contributed by atoms with van der Waals surface area (Å²) < 4.78 is 0. The van der Waals surface area contributed by atoms with Gasteiger partial charge in [-0.2, -0.15) is 6.42 Å². The van der Waals surface area contributed by atoms with Gasteiger partial charge in [0, 0.05) is 20.4 Å². The molecule has 1 atom stereocenters. The quantitative estimate of drug-likeness (QED) is 0.251. The molecule has 0 spiro atoms. The zero-order chi connectivity index (χ0) is 9.56. The first kappa shape index (κ1) is 15.3. The van der Waals surface area contributed by atoms with E-state index >= 15 is 0 Å². The van der Waals surface area contributed by atoms with Crippen LogP contribution in [0.1, 0.15) is 25.7 Å². The summed E-state index contributed by atoms with van der Waals surface area (Å²) >= 11 is 0. The molecule has 0 bridgehead atoms. The maximum atomic E-state index is 8.36. The summed E-state index contributed by atoms with van der Waals surface area (Å²) in [6.45, 7) is 0. The molecule has 1 fully saturated rings. The van der Waals surface area contributed by atoms with E-state index in [0.29, 0.717) is 0 Å². The molecular formula is C6H14N3O3Pd-. The molecule has 6 nitrogen and oxygen atoms in total. The van der Waals surface area contributed by atoms with Crippen molar-refractivity contribution in [3.8, 4) is 0 Å². The molecule has 0 aliphatic heterocycles. The second kappa shape index (κ2) is 8.38. The molecule has 0 heterocycles. The van der Waals surface area contributed by atoms with Crippen LogP contribution >= 0.6 is 0 Å². The maximum absolute atomic E-state index is 8.36. The molecule has 1 unspecified atom stereocenters. The van der Waals surface area contributed by atoms with E-state index in [2.05, 4.69) is 0 Å². The van der Waals surface area contributed by atoms with Crippen molar-refractivity contribution in [2.45, 2.75) is 31.7 Å². The van der Waals surface area contributed by atoms with Crippen molar-refractivity contribution in [3.05, 3.63) is 16.2 Å². The van der Waals surface area contributed by atoms with E-state index in [1.54, 1.807) is 0 Å². The van der Waals surface area contributed by atoms with Crippen LogP contribution in [0.5, 0.6) is 0 Å². The molecule has 0 aromatic heterocycles. The molecule has 0 aromatic rings. The second-order valence-corrected chi connectivity index (χ2v) is 2.67. The van der Waals surface area contributed by atoms with Crippen LogP contribution in [0.3, 0.4) is 0 Å². The van der Waals surface area contributed by atoms with Gasteiger partial charge in [-0.05, 0) is 0 Å². The van der Waals surface area contributed by atoms with Crippen LogP contribution in [-0.4, -0.2) is 16.3 Å². The Morgan fingerprint density at radius 1 is 1.54 bits per heavy atom. The minimum atomic E-state index is -1.50. The molecular weight excluding hydrogens is 269 g/mol. The Hall–Kier alpha value is -0.218. The van der Waals surface area contributed by atoms with Gasteiger partial charge in [-0.15, -0.1) is 16.2 Å². The van der Waals surface area contributed by atoms with Crippen molar-refractivity contribution in [1.29, 1.82) is 0 Å². The topological polar surface area (TPSA) is 115 Å². The number of nitrogens with two attached hydrogens (primary N) is 2. The second-order valence-electron chi connectivity index (χ2n) is 2.67. The number of hydrogen-bond acceptors (Lipinski definition) is 4. The van der Waals surface area contributed by atoms with Crippen molar-refractivity contribution in [3.63, 3.8) is 0 Å². The Bertz CT molecular complexity index is 133. The van der Waals surface area contributed by atoms with Crippen molar-refractivity contribution in [2.24, 2.45) is 11.5 Å². The van der Waals surface area contributed by atoms with Crippen LogP contribution < -0.4 is 11.5 Å². The van der Waals surface area contributed by atoms with Crippen LogP contribution in [0.2, 0.25) is 0 Å². The van der Waals surface area contributed by atoms with E-state index in [1.165, 1.54) is 12.8 Å². The molecule has 1 saturated carbocycles. The zero-order valence-electron chi connectivity index (χ0n) is 7.09. The van der Waals surface area contributed by atoms with E-state index in [-0.39, 0.29) is 26.5 Å². The van der Waals surface area contributed by atoms with E-state index in [0.717, 1.165) is 18.9 Å². The monoisotopic (exact) mass is 282 g/mol. The minimum Gasteiger partial charge on any atom is -0.479 e. The van der Waals surface area contributed by atoms with E-state index < -0.39 is 5.09 Å². The predicted molar refractivity (Wildman–Crippen MR) is 42.7 cm³/mol. The van der Waals surface area contributed by atoms with Gasteiger partial charge in [0.15, 0.2) is 0 Å². The summed E-state index contributed by atoms with van der Waals surface area (Å²) in [5.41, 5.74) is 11.2. The predicted octanol–water partition coefficient (Wildman–Crippen LogP) is 0.0282. The Labute approximate surface area is 90.4 Å². The third-order valence-electron chi connectivity index (χ3n) is 1.71. The summed E-state index contributed by atoms with van der Waals surface area (Å²) in [5, 5.41) is 13.6. The molecule has 13 heavy (non-hydrogen) atoms. The van der Waals surface area contributed by atoms with Gasteiger partial charge in [-0.1, -0.05) is 19.3 Å². The normalized spacial score (nSPS) is 22.2. The Balaban J connectivity index is 0. The molecule has 0 aromatic carbocycles. The summed E-state index contributed by atoms with van der Waals surface area (Å²) in [6.07, 6.45) is 4.62. The maximum Gasteiger partial charge on any atom is 0.291 e. The zero-order valence-corrected chi connectivity index (χ0v) is 8.64. The molecule has 1 rings (SSSR count). The molecule has 0 saturated heterocycles. The van der Waals surface area contributed by atoms with Gasteiger partial charge >= 0.3 is 0 Å². The van der Waals surface area contributed by atoms with Gasteiger partial charge in [0.05, 0.1) is 0 Å². The Morgan fingerprint density at radius 3 is 2.23 bits per heavy atom. The fourth-order valence-electron chi connectivity index (χ4n) is 1.06. The molecule has 5 N–H and O–H groups in total. The van der Waals surface area contributed by atoms with E-state index in [9.17, 15) is 0 Å². The standard InChI is InChI=1S/C6H13N2.HNO3.Pd/c7-5-3-1-2-4-6(5)8;2-1(3)4;/h5H,1-4,7-8H2;(H,2,3,4);/q-1;;. The van der Waals surface area contributed by atoms with E-state index in [1.807, 2.05) is 0 Å². The van der Waals surface area contributed by atoms with Gasteiger partial charge in [0.25, 0.3) is 5.09 Å². The Morgan fingerprint density at radius 2 is 2.00 bits per heavy atom. The van der Waals surface area contributed by atoms with Gasteiger partial charge < -0.3 is 16.7 Å². The fraction of sp³-hybridized carbons (Fsp3) is 0.833. The first-order valence-electron chi connectivity index (χ1n) is 3.74. The number of nitrogens with zero attached hydrogens (tertiary/aromatic N) is 1. The largest absolute Gasteiger partial charge is 0.479 e. The third-order valence-corrected chi connectivity index (χ3v) is 1.71. The summed E-state index contributed by atoms with van der Waals surface area (Å²) in [7, 11) is 0. The summed E-state index contributed by atoms with van der Waals surface area (Å²) in [6, 6.07) is 1.19. The average Bonchev–Trinajstić information content (AvgIpc) is 1.94. The van der Waals surface area contributed by atoms with E-state index in [4.69, 9.17) is 26.8 Å². The van der Waals surface area contributed by atoms with Gasteiger partial charge in [0.1, 0.15) is 0 Å². The first-order valence-corrected chi connectivity index (χ1v) is 3.74. The first-order chi connectivity index (χ1) is 5.54.